The van der Waals surface area contributed by atoms with E-state index in [2.05, 4.69) is 5.32 Å². The Balaban J connectivity index is 2.04. The van der Waals surface area contributed by atoms with E-state index in [4.69, 9.17) is 0 Å². The first kappa shape index (κ1) is 21.8. The normalized spacial score (nSPS) is 10.7. The van der Waals surface area contributed by atoms with E-state index in [-0.39, 0.29) is 17.5 Å². The van der Waals surface area contributed by atoms with Gasteiger partial charge in [-0.2, -0.15) is 0 Å². The van der Waals surface area contributed by atoms with Crippen LogP contribution in [0.2, 0.25) is 0 Å². The molecule has 0 aliphatic rings. The lowest BCUT2D eigenvalue weighted by Gasteiger charge is -2.21. The van der Waals surface area contributed by atoms with Crippen molar-refractivity contribution in [3.8, 4) is 0 Å². The van der Waals surface area contributed by atoms with Gasteiger partial charge in [0.15, 0.2) is 0 Å². The van der Waals surface area contributed by atoms with Crippen LogP contribution in [0, 0.1) is 10.1 Å². The van der Waals surface area contributed by atoms with E-state index in [1.54, 1.807) is 42.5 Å². The van der Waals surface area contributed by atoms with E-state index >= 15 is 0 Å². The zero-order valence-corrected chi connectivity index (χ0v) is 16.6. The van der Waals surface area contributed by atoms with Crippen molar-refractivity contribution in [1.82, 2.24) is 4.90 Å². The molecule has 0 heterocycles. The molecule has 0 radical (unpaired) electrons. The van der Waals surface area contributed by atoms with E-state index in [9.17, 15) is 19.7 Å². The summed E-state index contributed by atoms with van der Waals surface area (Å²) in [4.78, 5) is 36.9. The number of nitro groups is 1. The molecule has 7 heteroatoms. The van der Waals surface area contributed by atoms with Crippen molar-refractivity contribution >= 4 is 29.3 Å². The van der Waals surface area contributed by atoms with Crippen molar-refractivity contribution in [3.63, 3.8) is 0 Å². The molecule has 152 valence electrons. The average Bonchev–Trinajstić information content (AvgIpc) is 2.72. The molecule has 0 aliphatic heterocycles. The number of nitro benzene ring substituents is 1. The van der Waals surface area contributed by atoms with E-state index in [0.29, 0.717) is 29.9 Å². The summed E-state index contributed by atoms with van der Waals surface area (Å²) in [6, 6.07) is 12.8. The minimum Gasteiger partial charge on any atom is -0.339 e. The maximum Gasteiger partial charge on any atom is 0.269 e. The molecule has 0 bridgehead atoms. The van der Waals surface area contributed by atoms with Crippen LogP contribution >= 0.6 is 0 Å². The Kier molecular flexibility index (Phi) is 8.09. The fourth-order valence-corrected chi connectivity index (χ4v) is 2.83. The van der Waals surface area contributed by atoms with Crippen molar-refractivity contribution < 1.29 is 14.5 Å². The summed E-state index contributed by atoms with van der Waals surface area (Å²) >= 11 is 0. The van der Waals surface area contributed by atoms with Crippen molar-refractivity contribution in [2.75, 3.05) is 18.4 Å². The molecular formula is C22H25N3O4. The van der Waals surface area contributed by atoms with Crippen molar-refractivity contribution in [1.29, 1.82) is 0 Å². The van der Waals surface area contributed by atoms with Crippen LogP contribution in [-0.2, 0) is 4.79 Å². The molecule has 1 N–H and O–H groups in total. The third-order valence-corrected chi connectivity index (χ3v) is 4.18. The molecule has 2 amide bonds. The molecule has 0 fully saturated rings. The van der Waals surface area contributed by atoms with Crippen LogP contribution < -0.4 is 5.32 Å². The van der Waals surface area contributed by atoms with Gasteiger partial charge in [0.2, 0.25) is 5.91 Å². The zero-order chi connectivity index (χ0) is 21.2. The SMILES string of the molecule is CCCN(CCC)C(=O)c1cccc(NC(=O)/C=C/c2ccc([N+](=O)[O-])cc2)c1. The van der Waals surface area contributed by atoms with Gasteiger partial charge in [-0.25, -0.2) is 0 Å². The Morgan fingerprint density at radius 2 is 1.72 bits per heavy atom. The molecule has 2 aromatic carbocycles. The second-order valence-corrected chi connectivity index (χ2v) is 6.54. The molecular weight excluding hydrogens is 370 g/mol. The molecule has 0 aliphatic carbocycles. The van der Waals surface area contributed by atoms with Gasteiger partial charge in [0, 0.05) is 42.5 Å². The molecule has 29 heavy (non-hydrogen) atoms. The third kappa shape index (κ3) is 6.57. The molecule has 7 nitrogen and oxygen atoms in total. The van der Waals surface area contributed by atoms with Gasteiger partial charge in [-0.1, -0.05) is 19.9 Å². The average molecular weight is 395 g/mol. The molecule has 0 saturated heterocycles. The van der Waals surface area contributed by atoms with Gasteiger partial charge in [-0.15, -0.1) is 0 Å². The lowest BCUT2D eigenvalue weighted by Crippen LogP contribution is -2.32. The fraction of sp³-hybridized carbons (Fsp3) is 0.273. The van der Waals surface area contributed by atoms with Crippen LogP contribution in [0.15, 0.2) is 54.6 Å². The third-order valence-electron chi connectivity index (χ3n) is 4.18. The monoisotopic (exact) mass is 395 g/mol. The first-order valence-corrected chi connectivity index (χ1v) is 9.57. The summed E-state index contributed by atoms with van der Waals surface area (Å²) in [5.41, 5.74) is 1.73. The molecule has 0 aromatic heterocycles. The number of hydrogen-bond donors (Lipinski definition) is 1. The van der Waals surface area contributed by atoms with Crippen LogP contribution in [0.1, 0.15) is 42.6 Å². The summed E-state index contributed by atoms with van der Waals surface area (Å²) in [6.45, 7) is 5.45. The van der Waals surface area contributed by atoms with Gasteiger partial charge in [0.25, 0.3) is 11.6 Å². The van der Waals surface area contributed by atoms with Gasteiger partial charge < -0.3 is 10.2 Å². The predicted molar refractivity (Wildman–Crippen MR) is 114 cm³/mol. The number of nitrogens with zero attached hydrogens (tertiary/aromatic N) is 2. The quantitative estimate of drug-likeness (QED) is 0.384. The van der Waals surface area contributed by atoms with Crippen LogP contribution in [0.5, 0.6) is 0 Å². The molecule has 0 saturated carbocycles. The number of rotatable bonds is 9. The molecule has 0 spiro atoms. The maximum absolute atomic E-state index is 12.7. The number of nitrogens with one attached hydrogen (secondary N) is 1. The lowest BCUT2D eigenvalue weighted by molar-refractivity contribution is -0.384. The smallest absolute Gasteiger partial charge is 0.269 e. The maximum atomic E-state index is 12.7. The number of carbonyl (C=O) groups is 2. The summed E-state index contributed by atoms with van der Waals surface area (Å²) in [7, 11) is 0. The second-order valence-electron chi connectivity index (χ2n) is 6.54. The highest BCUT2D eigenvalue weighted by Crippen LogP contribution is 2.15. The van der Waals surface area contributed by atoms with Crippen LogP contribution in [0.3, 0.4) is 0 Å². The van der Waals surface area contributed by atoms with E-state index in [1.807, 2.05) is 18.7 Å². The zero-order valence-electron chi connectivity index (χ0n) is 16.6. The number of non-ortho nitro benzene ring substituents is 1. The summed E-state index contributed by atoms with van der Waals surface area (Å²) in [5, 5.41) is 13.4. The minimum absolute atomic E-state index is 0.00623. The highest BCUT2D eigenvalue weighted by molar-refractivity contribution is 6.03. The van der Waals surface area contributed by atoms with Crippen LogP contribution in [0.4, 0.5) is 11.4 Å². The van der Waals surface area contributed by atoms with Crippen LogP contribution in [-0.4, -0.2) is 34.7 Å². The largest absolute Gasteiger partial charge is 0.339 e. The minimum atomic E-state index is -0.476. The molecule has 0 atom stereocenters. The van der Waals surface area contributed by atoms with Gasteiger partial charge >= 0.3 is 0 Å². The Hall–Kier alpha value is -3.48. The van der Waals surface area contributed by atoms with E-state index in [1.165, 1.54) is 18.2 Å². The van der Waals surface area contributed by atoms with E-state index in [0.717, 1.165) is 12.8 Å². The number of amides is 2. The number of hydrogen-bond acceptors (Lipinski definition) is 4. The summed E-state index contributed by atoms with van der Waals surface area (Å²) in [6.07, 6.45) is 4.68. The van der Waals surface area contributed by atoms with Gasteiger partial charge in [0.05, 0.1) is 4.92 Å². The van der Waals surface area contributed by atoms with Crippen molar-refractivity contribution in [3.05, 3.63) is 75.8 Å². The highest BCUT2D eigenvalue weighted by atomic mass is 16.6. The summed E-state index contributed by atoms with van der Waals surface area (Å²) in [5.74, 6) is -0.404. The molecule has 0 unspecified atom stereocenters. The standard InChI is InChI=1S/C22H25N3O4/c1-3-14-24(15-4-2)22(27)18-6-5-7-19(16-18)23-21(26)13-10-17-8-11-20(12-9-17)25(28)29/h5-13,16H,3-4,14-15H2,1-2H3,(H,23,26)/b13-10+. The Labute approximate surface area is 170 Å². The first-order valence-electron chi connectivity index (χ1n) is 9.57. The van der Waals surface area contributed by atoms with Crippen molar-refractivity contribution in [2.24, 2.45) is 0 Å². The number of anilines is 1. The van der Waals surface area contributed by atoms with Gasteiger partial charge in [-0.3, -0.25) is 19.7 Å². The number of benzene rings is 2. The molecule has 2 aromatic rings. The fourth-order valence-electron chi connectivity index (χ4n) is 2.83. The first-order chi connectivity index (χ1) is 13.9. The van der Waals surface area contributed by atoms with Crippen molar-refractivity contribution in [2.45, 2.75) is 26.7 Å². The molecule has 2 rings (SSSR count). The second kappa shape index (κ2) is 10.8. The topological polar surface area (TPSA) is 92.6 Å². The highest BCUT2D eigenvalue weighted by Gasteiger charge is 2.14. The Morgan fingerprint density at radius 1 is 1.07 bits per heavy atom. The van der Waals surface area contributed by atoms with Crippen LogP contribution in [0.25, 0.3) is 6.08 Å². The Bertz CT molecular complexity index is 885. The Morgan fingerprint density at radius 3 is 2.31 bits per heavy atom. The predicted octanol–water partition coefficient (Wildman–Crippen LogP) is 4.51. The number of carbonyl (C=O) groups excluding carboxylic acids is 2. The van der Waals surface area contributed by atoms with E-state index < -0.39 is 4.92 Å². The van der Waals surface area contributed by atoms with Gasteiger partial charge in [0.1, 0.15) is 0 Å². The van der Waals surface area contributed by atoms with Gasteiger partial charge in [-0.05, 0) is 54.8 Å². The summed E-state index contributed by atoms with van der Waals surface area (Å²) < 4.78 is 0. The lowest BCUT2D eigenvalue weighted by atomic mass is 10.1.